The summed E-state index contributed by atoms with van der Waals surface area (Å²) in [5.74, 6) is -0.348. The van der Waals surface area contributed by atoms with Crippen LogP contribution in [0.4, 0.5) is 0 Å². The lowest BCUT2D eigenvalue weighted by Crippen LogP contribution is -2.50. The lowest BCUT2D eigenvalue weighted by molar-refractivity contribution is -0.126. The largest absolute Gasteiger partial charge is 0.393 e. The van der Waals surface area contributed by atoms with Crippen LogP contribution >= 0.6 is 0 Å². The Balaban J connectivity index is 1.86. The number of carbonyl (C=O) groups is 1. The molecule has 1 aliphatic heterocycles. The van der Waals surface area contributed by atoms with Crippen LogP contribution in [-0.2, 0) is 4.79 Å². The smallest absolute Gasteiger partial charge is 0.229 e. The summed E-state index contributed by atoms with van der Waals surface area (Å²) in [5, 5.41) is 9.48. The normalized spacial score (nSPS) is 31.6. The van der Waals surface area contributed by atoms with Gasteiger partial charge < -0.3 is 21.5 Å². The molecule has 20 heavy (non-hydrogen) atoms. The zero-order chi connectivity index (χ0) is 14.6. The highest BCUT2D eigenvalue weighted by Crippen LogP contribution is 2.32. The highest BCUT2D eigenvalue weighted by Gasteiger charge is 2.39. The van der Waals surface area contributed by atoms with Gasteiger partial charge in [-0.15, -0.1) is 0 Å². The van der Waals surface area contributed by atoms with Gasteiger partial charge in [0.2, 0.25) is 5.91 Å². The highest BCUT2D eigenvalue weighted by atomic mass is 16.3. The van der Waals surface area contributed by atoms with Crippen LogP contribution in [0.25, 0.3) is 0 Å². The number of aliphatic hydroxyl groups is 1. The number of allylic oxidation sites excluding steroid dienone is 2. The number of nitrogens with two attached hydrogens (primary N) is 2. The van der Waals surface area contributed by atoms with Gasteiger partial charge in [0.25, 0.3) is 0 Å². The SMILES string of the molecule is NC(=O)C1(CCCN2CCC(O)CC2)C=CC=CC1N. The lowest BCUT2D eigenvalue weighted by Gasteiger charge is -2.35. The minimum atomic E-state index is -0.746. The molecule has 1 heterocycles. The van der Waals surface area contributed by atoms with Gasteiger partial charge >= 0.3 is 0 Å². The van der Waals surface area contributed by atoms with E-state index < -0.39 is 5.41 Å². The van der Waals surface area contributed by atoms with Crippen LogP contribution in [0.5, 0.6) is 0 Å². The van der Waals surface area contributed by atoms with Crippen molar-refractivity contribution in [1.29, 1.82) is 0 Å². The molecule has 5 heteroatoms. The first-order chi connectivity index (χ1) is 9.54. The van der Waals surface area contributed by atoms with Gasteiger partial charge in [0.15, 0.2) is 0 Å². The molecule has 2 aliphatic rings. The summed E-state index contributed by atoms with van der Waals surface area (Å²) in [6.07, 6.45) is 10.5. The Morgan fingerprint density at radius 2 is 2.05 bits per heavy atom. The minimum Gasteiger partial charge on any atom is -0.393 e. The van der Waals surface area contributed by atoms with E-state index in [1.54, 1.807) is 0 Å². The van der Waals surface area contributed by atoms with E-state index in [0.717, 1.165) is 38.9 Å². The molecule has 0 aromatic rings. The van der Waals surface area contributed by atoms with Gasteiger partial charge in [0, 0.05) is 19.1 Å². The van der Waals surface area contributed by atoms with Crippen molar-refractivity contribution < 1.29 is 9.90 Å². The summed E-state index contributed by atoms with van der Waals surface area (Å²) in [5.41, 5.74) is 10.9. The average Bonchev–Trinajstić information content (AvgIpc) is 2.43. The maximum atomic E-state index is 11.8. The molecule has 1 amide bonds. The molecule has 0 radical (unpaired) electrons. The highest BCUT2D eigenvalue weighted by molar-refractivity contribution is 5.84. The van der Waals surface area contributed by atoms with Crippen LogP contribution in [0.2, 0.25) is 0 Å². The van der Waals surface area contributed by atoms with E-state index in [1.807, 2.05) is 24.3 Å². The topological polar surface area (TPSA) is 92.6 Å². The van der Waals surface area contributed by atoms with Crippen LogP contribution in [0.1, 0.15) is 25.7 Å². The minimum absolute atomic E-state index is 0.150. The summed E-state index contributed by atoms with van der Waals surface area (Å²) >= 11 is 0. The van der Waals surface area contributed by atoms with Gasteiger partial charge in [-0.2, -0.15) is 0 Å². The number of hydrogen-bond acceptors (Lipinski definition) is 4. The molecular formula is C15H25N3O2. The standard InChI is InChI=1S/C15H25N3O2/c16-13-4-1-2-7-15(13,14(17)20)8-3-9-18-10-5-12(19)6-11-18/h1-2,4,7,12-13,19H,3,5-6,8-11,16H2,(H2,17,20). The Bertz CT molecular complexity index is 400. The van der Waals surface area contributed by atoms with Crippen LogP contribution in [-0.4, -0.2) is 47.7 Å². The molecule has 1 saturated heterocycles. The fourth-order valence-electron chi connectivity index (χ4n) is 3.05. The van der Waals surface area contributed by atoms with E-state index in [9.17, 15) is 9.90 Å². The van der Waals surface area contributed by atoms with Crippen molar-refractivity contribution in [2.45, 2.75) is 37.8 Å². The molecule has 0 aromatic carbocycles. The molecule has 1 aliphatic carbocycles. The van der Waals surface area contributed by atoms with Gasteiger partial charge in [-0.1, -0.05) is 24.3 Å². The zero-order valence-electron chi connectivity index (χ0n) is 11.9. The Hall–Kier alpha value is -1.17. The lowest BCUT2D eigenvalue weighted by atomic mass is 9.73. The van der Waals surface area contributed by atoms with E-state index in [1.165, 1.54) is 0 Å². The molecule has 2 unspecified atom stereocenters. The summed E-state index contributed by atoms with van der Waals surface area (Å²) in [6.45, 7) is 2.77. The molecule has 0 spiro atoms. The number of amides is 1. The van der Waals surface area contributed by atoms with Crippen LogP contribution in [0, 0.1) is 5.41 Å². The van der Waals surface area contributed by atoms with Gasteiger partial charge in [0.1, 0.15) is 0 Å². The van der Waals surface area contributed by atoms with Gasteiger partial charge in [-0.3, -0.25) is 4.79 Å². The molecule has 112 valence electrons. The summed E-state index contributed by atoms with van der Waals surface area (Å²) in [4.78, 5) is 14.2. The van der Waals surface area contributed by atoms with E-state index in [2.05, 4.69) is 4.90 Å². The molecular weight excluding hydrogens is 254 g/mol. The predicted molar refractivity (Wildman–Crippen MR) is 78.8 cm³/mol. The third kappa shape index (κ3) is 3.29. The maximum absolute atomic E-state index is 11.8. The number of rotatable bonds is 5. The van der Waals surface area contributed by atoms with Crippen molar-refractivity contribution in [3.8, 4) is 0 Å². The number of aliphatic hydroxyl groups excluding tert-OH is 1. The number of nitrogens with zero attached hydrogens (tertiary/aromatic N) is 1. The van der Waals surface area contributed by atoms with Crippen molar-refractivity contribution in [1.82, 2.24) is 4.90 Å². The predicted octanol–water partition coefficient (Wildman–Crippen LogP) is 0.148. The van der Waals surface area contributed by atoms with Crippen molar-refractivity contribution in [3.05, 3.63) is 24.3 Å². The monoisotopic (exact) mass is 279 g/mol. The third-order valence-corrected chi connectivity index (χ3v) is 4.50. The Kier molecular flexibility index (Phi) is 4.96. The summed E-state index contributed by atoms with van der Waals surface area (Å²) in [7, 11) is 0. The van der Waals surface area contributed by atoms with E-state index >= 15 is 0 Å². The second-order valence-electron chi connectivity index (χ2n) is 5.85. The van der Waals surface area contributed by atoms with Gasteiger partial charge in [0.05, 0.1) is 11.5 Å². The molecule has 0 bridgehead atoms. The van der Waals surface area contributed by atoms with E-state index in [4.69, 9.17) is 11.5 Å². The number of primary amides is 1. The Morgan fingerprint density at radius 3 is 2.65 bits per heavy atom. The van der Waals surface area contributed by atoms with E-state index in [-0.39, 0.29) is 18.1 Å². The van der Waals surface area contributed by atoms with Crippen molar-refractivity contribution in [2.75, 3.05) is 19.6 Å². The fraction of sp³-hybridized carbons (Fsp3) is 0.667. The van der Waals surface area contributed by atoms with Crippen LogP contribution < -0.4 is 11.5 Å². The fourth-order valence-corrected chi connectivity index (χ4v) is 3.05. The Morgan fingerprint density at radius 1 is 1.35 bits per heavy atom. The molecule has 2 rings (SSSR count). The molecule has 0 saturated carbocycles. The van der Waals surface area contributed by atoms with Crippen molar-refractivity contribution in [2.24, 2.45) is 16.9 Å². The third-order valence-electron chi connectivity index (χ3n) is 4.50. The second-order valence-corrected chi connectivity index (χ2v) is 5.85. The molecule has 5 nitrogen and oxygen atoms in total. The number of likely N-dealkylation sites (tertiary alicyclic amines) is 1. The second kappa shape index (κ2) is 6.52. The zero-order valence-corrected chi connectivity index (χ0v) is 11.9. The van der Waals surface area contributed by atoms with Crippen molar-refractivity contribution >= 4 is 5.91 Å². The summed E-state index contributed by atoms with van der Waals surface area (Å²) < 4.78 is 0. The first kappa shape index (κ1) is 15.2. The number of carbonyl (C=O) groups excluding carboxylic acids is 1. The Labute approximate surface area is 120 Å². The first-order valence-corrected chi connectivity index (χ1v) is 7.36. The van der Waals surface area contributed by atoms with Crippen LogP contribution in [0.3, 0.4) is 0 Å². The van der Waals surface area contributed by atoms with E-state index in [0.29, 0.717) is 6.42 Å². The van der Waals surface area contributed by atoms with Gasteiger partial charge in [-0.25, -0.2) is 0 Å². The van der Waals surface area contributed by atoms with Crippen LogP contribution in [0.15, 0.2) is 24.3 Å². The van der Waals surface area contributed by atoms with Gasteiger partial charge in [-0.05, 0) is 32.2 Å². The average molecular weight is 279 g/mol. The maximum Gasteiger partial charge on any atom is 0.229 e. The van der Waals surface area contributed by atoms with Crippen molar-refractivity contribution in [3.63, 3.8) is 0 Å². The quantitative estimate of drug-likeness (QED) is 0.668. The molecule has 5 N–H and O–H groups in total. The molecule has 1 fully saturated rings. The molecule has 0 aromatic heterocycles. The number of hydrogen-bond donors (Lipinski definition) is 3. The summed E-state index contributed by atoms with van der Waals surface area (Å²) in [6, 6.07) is -0.340. The molecule has 2 atom stereocenters. The number of piperidine rings is 1. The first-order valence-electron chi connectivity index (χ1n) is 7.36.